The molecule has 0 saturated carbocycles. The molecule has 1 amide bonds. The highest BCUT2D eigenvalue weighted by molar-refractivity contribution is 5.91. The summed E-state index contributed by atoms with van der Waals surface area (Å²) >= 11 is 0. The summed E-state index contributed by atoms with van der Waals surface area (Å²) < 4.78 is 10.9. The molecule has 5 nitrogen and oxygen atoms in total. The molecule has 0 saturated heterocycles. The van der Waals surface area contributed by atoms with Crippen molar-refractivity contribution in [3.05, 3.63) is 78.9 Å². The van der Waals surface area contributed by atoms with Gasteiger partial charge in [-0.05, 0) is 48.5 Å². The lowest BCUT2D eigenvalue weighted by atomic mass is 10.2. The highest BCUT2D eigenvalue weighted by Gasteiger charge is 2.04. The first-order valence-electron chi connectivity index (χ1n) is 8.74. The number of para-hydroxylation sites is 1. The molecule has 0 unspecified atom stereocenters. The fraction of sp³-hybridized carbons (Fsp3) is 0.136. The number of ether oxygens (including phenoxy) is 2. The van der Waals surface area contributed by atoms with Crippen molar-refractivity contribution in [2.45, 2.75) is 6.42 Å². The average Bonchev–Trinajstić information content (AvgIpc) is 2.70. The molecule has 0 heterocycles. The molecule has 3 aromatic rings. The van der Waals surface area contributed by atoms with Gasteiger partial charge in [0.1, 0.15) is 17.2 Å². The molecular weight excluding hydrogens is 340 g/mol. The van der Waals surface area contributed by atoms with Crippen LogP contribution in [0.2, 0.25) is 0 Å². The van der Waals surface area contributed by atoms with Crippen molar-refractivity contribution in [2.75, 3.05) is 24.3 Å². The number of rotatable bonds is 8. The smallest absolute Gasteiger partial charge is 0.226 e. The Balaban J connectivity index is 1.45. The van der Waals surface area contributed by atoms with Gasteiger partial charge in [0, 0.05) is 30.4 Å². The number of benzene rings is 3. The first-order valence-corrected chi connectivity index (χ1v) is 8.74. The van der Waals surface area contributed by atoms with E-state index >= 15 is 0 Å². The van der Waals surface area contributed by atoms with E-state index < -0.39 is 0 Å². The topological polar surface area (TPSA) is 59.6 Å². The molecule has 0 spiro atoms. The maximum absolute atomic E-state index is 12.1. The van der Waals surface area contributed by atoms with Gasteiger partial charge in [0.15, 0.2) is 0 Å². The van der Waals surface area contributed by atoms with Crippen LogP contribution in [0.3, 0.4) is 0 Å². The fourth-order valence-electron chi connectivity index (χ4n) is 2.51. The van der Waals surface area contributed by atoms with Crippen LogP contribution in [-0.2, 0) is 4.79 Å². The largest absolute Gasteiger partial charge is 0.497 e. The normalized spacial score (nSPS) is 10.1. The van der Waals surface area contributed by atoms with Crippen LogP contribution in [0.4, 0.5) is 11.4 Å². The Hall–Kier alpha value is -3.47. The van der Waals surface area contributed by atoms with Crippen LogP contribution in [0, 0.1) is 0 Å². The second-order valence-corrected chi connectivity index (χ2v) is 5.90. The first-order chi connectivity index (χ1) is 13.2. The minimum absolute atomic E-state index is 0.0536. The lowest BCUT2D eigenvalue weighted by molar-refractivity contribution is -0.115. The van der Waals surface area contributed by atoms with Gasteiger partial charge in [0.2, 0.25) is 5.91 Å². The number of carbonyl (C=O) groups is 1. The lowest BCUT2D eigenvalue weighted by Gasteiger charge is -2.09. The van der Waals surface area contributed by atoms with Crippen molar-refractivity contribution >= 4 is 17.3 Å². The SMILES string of the molecule is COc1cccc(NCCC(=O)Nc2ccc(Oc3ccccc3)cc2)c1. The molecule has 0 bridgehead atoms. The van der Waals surface area contributed by atoms with Gasteiger partial charge in [0.25, 0.3) is 0 Å². The second-order valence-electron chi connectivity index (χ2n) is 5.90. The molecule has 138 valence electrons. The zero-order valence-electron chi connectivity index (χ0n) is 15.1. The van der Waals surface area contributed by atoms with Crippen LogP contribution in [0.15, 0.2) is 78.9 Å². The van der Waals surface area contributed by atoms with E-state index in [1.54, 1.807) is 7.11 Å². The van der Waals surface area contributed by atoms with E-state index in [0.717, 1.165) is 28.6 Å². The number of methoxy groups -OCH3 is 1. The van der Waals surface area contributed by atoms with Crippen LogP contribution < -0.4 is 20.1 Å². The molecule has 0 radical (unpaired) electrons. The van der Waals surface area contributed by atoms with E-state index in [9.17, 15) is 4.79 Å². The monoisotopic (exact) mass is 362 g/mol. The summed E-state index contributed by atoms with van der Waals surface area (Å²) in [4.78, 5) is 12.1. The summed E-state index contributed by atoms with van der Waals surface area (Å²) in [7, 11) is 1.63. The Kier molecular flexibility index (Phi) is 6.30. The number of hydrogen-bond donors (Lipinski definition) is 2. The predicted octanol–water partition coefficient (Wildman–Crippen LogP) is 4.93. The predicted molar refractivity (Wildman–Crippen MR) is 108 cm³/mol. The number of nitrogens with one attached hydrogen (secondary N) is 2. The molecule has 3 rings (SSSR count). The van der Waals surface area contributed by atoms with E-state index in [1.165, 1.54) is 0 Å². The molecule has 3 aromatic carbocycles. The third-order valence-electron chi connectivity index (χ3n) is 3.87. The van der Waals surface area contributed by atoms with Crippen LogP contribution in [0.1, 0.15) is 6.42 Å². The highest BCUT2D eigenvalue weighted by atomic mass is 16.5. The second kappa shape index (κ2) is 9.29. The first kappa shape index (κ1) is 18.3. The van der Waals surface area contributed by atoms with Crippen molar-refractivity contribution < 1.29 is 14.3 Å². The summed E-state index contributed by atoms with van der Waals surface area (Å²) in [5.74, 6) is 2.22. The third-order valence-corrected chi connectivity index (χ3v) is 3.87. The molecule has 0 fully saturated rings. The van der Waals surface area contributed by atoms with Gasteiger partial charge in [0.05, 0.1) is 7.11 Å². The van der Waals surface area contributed by atoms with Crippen LogP contribution >= 0.6 is 0 Å². The molecule has 0 aliphatic carbocycles. The Labute approximate surface area is 158 Å². The van der Waals surface area contributed by atoms with Crippen molar-refractivity contribution in [3.8, 4) is 17.2 Å². The Morgan fingerprint density at radius 2 is 1.52 bits per heavy atom. The Morgan fingerprint density at radius 3 is 2.26 bits per heavy atom. The van der Waals surface area contributed by atoms with Gasteiger partial charge in [-0.15, -0.1) is 0 Å². The van der Waals surface area contributed by atoms with Gasteiger partial charge < -0.3 is 20.1 Å². The summed E-state index contributed by atoms with van der Waals surface area (Å²) in [6.45, 7) is 0.536. The molecule has 0 aliphatic rings. The van der Waals surface area contributed by atoms with Crippen LogP contribution in [0.25, 0.3) is 0 Å². The molecule has 5 heteroatoms. The van der Waals surface area contributed by atoms with E-state index in [-0.39, 0.29) is 5.91 Å². The van der Waals surface area contributed by atoms with E-state index in [1.807, 2.05) is 78.9 Å². The van der Waals surface area contributed by atoms with Crippen molar-refractivity contribution in [3.63, 3.8) is 0 Å². The Bertz CT molecular complexity index is 864. The van der Waals surface area contributed by atoms with Gasteiger partial charge >= 0.3 is 0 Å². The molecular formula is C22H22N2O3. The van der Waals surface area contributed by atoms with Crippen LogP contribution in [0.5, 0.6) is 17.2 Å². The number of hydrogen-bond acceptors (Lipinski definition) is 4. The van der Waals surface area contributed by atoms with Crippen molar-refractivity contribution in [1.29, 1.82) is 0 Å². The molecule has 27 heavy (non-hydrogen) atoms. The summed E-state index contributed by atoms with van der Waals surface area (Å²) in [6, 6.07) is 24.5. The van der Waals surface area contributed by atoms with Crippen molar-refractivity contribution in [2.24, 2.45) is 0 Å². The fourth-order valence-corrected chi connectivity index (χ4v) is 2.51. The van der Waals surface area contributed by atoms with E-state index in [4.69, 9.17) is 9.47 Å². The van der Waals surface area contributed by atoms with E-state index in [0.29, 0.717) is 13.0 Å². The summed E-state index contributed by atoms with van der Waals surface area (Å²) in [5.41, 5.74) is 1.66. The number of amides is 1. The Morgan fingerprint density at radius 1 is 0.815 bits per heavy atom. The quantitative estimate of drug-likeness (QED) is 0.597. The van der Waals surface area contributed by atoms with Gasteiger partial charge in [-0.2, -0.15) is 0 Å². The minimum atomic E-state index is -0.0536. The molecule has 0 aromatic heterocycles. The zero-order valence-corrected chi connectivity index (χ0v) is 15.1. The summed E-state index contributed by atoms with van der Waals surface area (Å²) in [6.07, 6.45) is 0.361. The third kappa shape index (κ3) is 5.78. The van der Waals surface area contributed by atoms with Crippen LogP contribution in [-0.4, -0.2) is 19.6 Å². The summed E-state index contributed by atoms with van der Waals surface area (Å²) in [5, 5.41) is 6.09. The molecule has 0 aliphatic heterocycles. The molecule has 0 atom stereocenters. The average molecular weight is 362 g/mol. The maximum Gasteiger partial charge on any atom is 0.226 e. The van der Waals surface area contributed by atoms with E-state index in [2.05, 4.69) is 10.6 Å². The minimum Gasteiger partial charge on any atom is -0.497 e. The van der Waals surface area contributed by atoms with Crippen molar-refractivity contribution in [1.82, 2.24) is 0 Å². The molecule has 2 N–H and O–H groups in total. The number of carbonyl (C=O) groups excluding carboxylic acids is 1. The maximum atomic E-state index is 12.1. The van der Waals surface area contributed by atoms with Gasteiger partial charge in [-0.1, -0.05) is 24.3 Å². The van der Waals surface area contributed by atoms with Gasteiger partial charge in [-0.3, -0.25) is 4.79 Å². The lowest BCUT2D eigenvalue weighted by Crippen LogP contribution is -2.16. The number of anilines is 2. The highest BCUT2D eigenvalue weighted by Crippen LogP contribution is 2.22. The van der Waals surface area contributed by atoms with Gasteiger partial charge in [-0.25, -0.2) is 0 Å². The zero-order chi connectivity index (χ0) is 18.9. The standard InChI is InChI=1S/C22H22N2O3/c1-26-21-9-5-6-18(16-21)23-15-14-22(25)24-17-10-12-20(13-11-17)27-19-7-3-2-4-8-19/h2-13,16,23H,14-15H2,1H3,(H,24,25).